The SMILES string of the molecule is CCOc1cc(C2=NN(Cc3ccc(NC(=O)C(C)C)cc3)C(=O)SC2CC)ccc1OC. The minimum absolute atomic E-state index is 0.0314. The second-order valence-electron chi connectivity index (χ2n) is 7.96. The molecule has 0 saturated carbocycles. The van der Waals surface area contributed by atoms with Crippen LogP contribution < -0.4 is 14.8 Å². The Morgan fingerprint density at radius 1 is 1.15 bits per heavy atom. The molecule has 33 heavy (non-hydrogen) atoms. The average molecular weight is 470 g/mol. The summed E-state index contributed by atoms with van der Waals surface area (Å²) in [6.45, 7) is 8.54. The molecule has 1 aliphatic rings. The van der Waals surface area contributed by atoms with Gasteiger partial charge in [0.25, 0.3) is 0 Å². The number of hydrazone groups is 1. The number of rotatable bonds is 9. The summed E-state index contributed by atoms with van der Waals surface area (Å²) >= 11 is 1.29. The van der Waals surface area contributed by atoms with Gasteiger partial charge in [-0.05, 0) is 49.2 Å². The maximum atomic E-state index is 12.8. The number of anilines is 1. The van der Waals surface area contributed by atoms with Crippen molar-refractivity contribution in [3.63, 3.8) is 0 Å². The van der Waals surface area contributed by atoms with Gasteiger partial charge in [-0.2, -0.15) is 5.10 Å². The molecular formula is C25H31N3O4S. The second-order valence-corrected chi connectivity index (χ2v) is 9.12. The number of carbonyl (C=O) groups is 2. The first kappa shape index (κ1) is 24.6. The number of nitrogens with zero attached hydrogens (tertiary/aromatic N) is 2. The van der Waals surface area contributed by atoms with E-state index in [0.29, 0.717) is 24.7 Å². The van der Waals surface area contributed by atoms with Gasteiger partial charge in [-0.15, -0.1) is 0 Å². The van der Waals surface area contributed by atoms with Crippen LogP contribution >= 0.6 is 11.8 Å². The van der Waals surface area contributed by atoms with Crippen molar-refractivity contribution in [2.24, 2.45) is 11.0 Å². The molecule has 0 fully saturated rings. The number of benzene rings is 2. The third-order valence-corrected chi connectivity index (χ3v) is 6.45. The van der Waals surface area contributed by atoms with Crippen LogP contribution in [0.15, 0.2) is 47.6 Å². The summed E-state index contributed by atoms with van der Waals surface area (Å²) in [7, 11) is 1.61. The van der Waals surface area contributed by atoms with E-state index in [1.54, 1.807) is 7.11 Å². The van der Waals surface area contributed by atoms with Crippen LogP contribution in [-0.2, 0) is 11.3 Å². The predicted molar refractivity (Wildman–Crippen MR) is 133 cm³/mol. The molecule has 1 heterocycles. The fourth-order valence-electron chi connectivity index (χ4n) is 3.35. The quantitative estimate of drug-likeness (QED) is 0.522. The number of carbonyl (C=O) groups excluding carboxylic acids is 2. The molecule has 8 heteroatoms. The summed E-state index contributed by atoms with van der Waals surface area (Å²) in [4.78, 5) is 24.7. The highest BCUT2D eigenvalue weighted by Crippen LogP contribution is 2.34. The van der Waals surface area contributed by atoms with Crippen molar-refractivity contribution in [3.05, 3.63) is 53.6 Å². The maximum absolute atomic E-state index is 12.8. The molecule has 176 valence electrons. The molecule has 3 rings (SSSR count). The lowest BCUT2D eigenvalue weighted by Gasteiger charge is -2.28. The number of ether oxygens (including phenoxy) is 2. The molecule has 0 aliphatic carbocycles. The molecule has 0 aromatic heterocycles. The van der Waals surface area contributed by atoms with Gasteiger partial charge in [-0.3, -0.25) is 9.59 Å². The van der Waals surface area contributed by atoms with Crippen LogP contribution in [0.2, 0.25) is 0 Å². The maximum Gasteiger partial charge on any atom is 0.302 e. The van der Waals surface area contributed by atoms with Gasteiger partial charge in [-0.25, -0.2) is 5.01 Å². The monoisotopic (exact) mass is 469 g/mol. The zero-order valence-corrected chi connectivity index (χ0v) is 20.6. The predicted octanol–water partition coefficient (Wildman–Crippen LogP) is 5.54. The molecule has 2 aromatic carbocycles. The topological polar surface area (TPSA) is 80.2 Å². The number of amides is 2. The normalized spacial score (nSPS) is 15.9. The van der Waals surface area contributed by atoms with Crippen LogP contribution in [0.4, 0.5) is 10.5 Å². The Hall–Kier alpha value is -3.00. The molecule has 0 bridgehead atoms. The molecular weight excluding hydrogens is 438 g/mol. The average Bonchev–Trinajstić information content (AvgIpc) is 2.81. The van der Waals surface area contributed by atoms with Gasteiger partial charge < -0.3 is 14.8 Å². The molecule has 0 radical (unpaired) electrons. The van der Waals surface area contributed by atoms with E-state index in [1.165, 1.54) is 16.8 Å². The summed E-state index contributed by atoms with van der Waals surface area (Å²) in [6, 6.07) is 13.2. The van der Waals surface area contributed by atoms with E-state index in [9.17, 15) is 9.59 Å². The summed E-state index contributed by atoms with van der Waals surface area (Å²) in [5.41, 5.74) is 3.40. The van der Waals surface area contributed by atoms with Gasteiger partial charge in [0.2, 0.25) is 5.91 Å². The minimum atomic E-state index is -0.0897. The van der Waals surface area contributed by atoms with Gasteiger partial charge in [0, 0.05) is 17.2 Å². The van der Waals surface area contributed by atoms with Crippen LogP contribution in [0.25, 0.3) is 0 Å². The van der Waals surface area contributed by atoms with Gasteiger partial charge in [0.1, 0.15) is 0 Å². The lowest BCUT2D eigenvalue weighted by atomic mass is 10.0. The smallest absolute Gasteiger partial charge is 0.302 e. The first-order valence-corrected chi connectivity index (χ1v) is 12.0. The van der Waals surface area contributed by atoms with Crippen LogP contribution in [0.3, 0.4) is 0 Å². The zero-order chi connectivity index (χ0) is 24.0. The molecule has 1 N–H and O–H groups in total. The van der Waals surface area contributed by atoms with Crippen LogP contribution in [0.5, 0.6) is 11.5 Å². The first-order valence-electron chi connectivity index (χ1n) is 11.1. The molecule has 7 nitrogen and oxygen atoms in total. The number of nitrogens with one attached hydrogen (secondary N) is 1. The molecule has 2 amide bonds. The standard InChI is InChI=1S/C25H31N3O4S/c1-6-22-23(18-10-13-20(31-5)21(14-18)32-7-2)27-28(25(30)33-22)15-17-8-11-19(12-9-17)26-24(29)16(3)4/h8-14,16,22H,6-7,15H2,1-5H3,(H,26,29). The Kier molecular flexibility index (Phi) is 8.38. The van der Waals surface area contributed by atoms with E-state index < -0.39 is 0 Å². The lowest BCUT2D eigenvalue weighted by molar-refractivity contribution is -0.118. The zero-order valence-electron chi connectivity index (χ0n) is 19.8. The van der Waals surface area contributed by atoms with Crippen LogP contribution in [0.1, 0.15) is 45.2 Å². The van der Waals surface area contributed by atoms with Crippen molar-refractivity contribution in [1.82, 2.24) is 5.01 Å². The van der Waals surface area contributed by atoms with E-state index >= 15 is 0 Å². The van der Waals surface area contributed by atoms with Gasteiger partial charge in [-0.1, -0.05) is 44.7 Å². The van der Waals surface area contributed by atoms with Crippen molar-refractivity contribution in [2.75, 3.05) is 19.0 Å². The Bertz CT molecular complexity index is 1020. The van der Waals surface area contributed by atoms with Crippen molar-refractivity contribution in [3.8, 4) is 11.5 Å². The Labute approximate surface area is 199 Å². The third-order valence-electron chi connectivity index (χ3n) is 5.20. The fraction of sp³-hybridized carbons (Fsp3) is 0.400. The Balaban J connectivity index is 1.84. The van der Waals surface area contributed by atoms with E-state index in [-0.39, 0.29) is 22.3 Å². The van der Waals surface area contributed by atoms with Crippen molar-refractivity contribution in [1.29, 1.82) is 0 Å². The Morgan fingerprint density at radius 2 is 1.88 bits per heavy atom. The number of methoxy groups -OCH3 is 1. The third kappa shape index (κ3) is 6.07. The number of hydrogen-bond acceptors (Lipinski definition) is 6. The highest BCUT2D eigenvalue weighted by Gasteiger charge is 2.30. The summed E-state index contributed by atoms with van der Waals surface area (Å²) in [6.07, 6.45) is 0.781. The Morgan fingerprint density at radius 3 is 2.48 bits per heavy atom. The number of hydrogen-bond donors (Lipinski definition) is 1. The van der Waals surface area contributed by atoms with E-state index in [1.807, 2.05) is 70.2 Å². The van der Waals surface area contributed by atoms with Crippen molar-refractivity contribution >= 4 is 34.3 Å². The number of thioether (sulfide) groups is 1. The fourth-order valence-corrected chi connectivity index (χ4v) is 4.28. The van der Waals surface area contributed by atoms with Gasteiger partial charge >= 0.3 is 5.24 Å². The molecule has 2 aromatic rings. The highest BCUT2D eigenvalue weighted by atomic mass is 32.2. The highest BCUT2D eigenvalue weighted by molar-refractivity contribution is 8.14. The molecule has 1 atom stereocenters. The molecule has 1 aliphatic heterocycles. The molecule has 0 saturated heterocycles. The van der Waals surface area contributed by atoms with Gasteiger partial charge in [0.05, 0.1) is 31.2 Å². The van der Waals surface area contributed by atoms with E-state index in [2.05, 4.69) is 5.32 Å². The van der Waals surface area contributed by atoms with Crippen molar-refractivity contribution in [2.45, 2.75) is 45.9 Å². The summed E-state index contributed by atoms with van der Waals surface area (Å²) in [5.74, 6) is 1.20. The van der Waals surface area contributed by atoms with E-state index in [4.69, 9.17) is 14.6 Å². The summed E-state index contributed by atoms with van der Waals surface area (Å²) in [5, 5.41) is 9.00. The lowest BCUT2D eigenvalue weighted by Crippen LogP contribution is -2.34. The van der Waals surface area contributed by atoms with Crippen LogP contribution in [0, 0.1) is 5.92 Å². The minimum Gasteiger partial charge on any atom is -0.493 e. The molecule has 1 unspecified atom stereocenters. The first-order chi connectivity index (χ1) is 15.9. The molecule has 0 spiro atoms. The van der Waals surface area contributed by atoms with E-state index in [0.717, 1.165) is 28.9 Å². The second kappa shape index (κ2) is 11.2. The summed E-state index contributed by atoms with van der Waals surface area (Å²) < 4.78 is 11.1. The van der Waals surface area contributed by atoms with Crippen LogP contribution in [-0.4, -0.2) is 40.8 Å². The van der Waals surface area contributed by atoms with Crippen molar-refractivity contribution < 1.29 is 19.1 Å². The largest absolute Gasteiger partial charge is 0.493 e. The van der Waals surface area contributed by atoms with Gasteiger partial charge in [0.15, 0.2) is 11.5 Å².